The summed E-state index contributed by atoms with van der Waals surface area (Å²) in [5, 5.41) is 3.17. The molecule has 6 nitrogen and oxygen atoms in total. The predicted octanol–water partition coefficient (Wildman–Crippen LogP) is 1.34. The first kappa shape index (κ1) is 16.5. The van der Waals surface area contributed by atoms with E-state index >= 15 is 0 Å². The van der Waals surface area contributed by atoms with Gasteiger partial charge in [-0.05, 0) is 26.2 Å². The third-order valence-corrected chi connectivity index (χ3v) is 6.51. The Labute approximate surface area is 127 Å². The monoisotopic (exact) mass is 314 g/mol. The van der Waals surface area contributed by atoms with E-state index in [0.717, 1.165) is 18.7 Å². The van der Waals surface area contributed by atoms with Crippen LogP contribution >= 0.6 is 0 Å². The van der Waals surface area contributed by atoms with Gasteiger partial charge in [0.25, 0.3) is 0 Å². The van der Waals surface area contributed by atoms with Gasteiger partial charge in [0.05, 0.1) is 11.8 Å². The number of aromatic amines is 1. The maximum absolute atomic E-state index is 12.3. The number of rotatable bonds is 6. The molecule has 0 saturated carbocycles. The smallest absolute Gasteiger partial charge is 0.216 e. The van der Waals surface area contributed by atoms with Crippen LogP contribution in [0.2, 0.25) is 0 Å². The number of nitrogens with zero attached hydrogens (tertiary/aromatic N) is 2. The lowest BCUT2D eigenvalue weighted by Crippen LogP contribution is -2.52. The van der Waals surface area contributed by atoms with Crippen molar-refractivity contribution in [3.63, 3.8) is 0 Å². The van der Waals surface area contributed by atoms with Crippen LogP contribution in [0.1, 0.15) is 39.4 Å². The molecule has 0 aliphatic carbocycles. The van der Waals surface area contributed by atoms with Crippen LogP contribution in [0.4, 0.5) is 0 Å². The topological polar surface area (TPSA) is 78.1 Å². The molecule has 2 heterocycles. The molecule has 2 atom stereocenters. The highest BCUT2D eigenvalue weighted by molar-refractivity contribution is 7.89. The maximum Gasteiger partial charge on any atom is 0.216 e. The molecule has 2 unspecified atom stereocenters. The third kappa shape index (κ3) is 3.84. The molecule has 0 aromatic carbocycles. The Morgan fingerprint density at radius 1 is 1.52 bits per heavy atom. The SMILES string of the molecule is CCC1CN(S(=O)(=O)C(C)C)CCC1NCc1ncc[nH]1. The molecule has 1 aromatic rings. The summed E-state index contributed by atoms with van der Waals surface area (Å²) in [6.07, 6.45) is 5.38. The zero-order valence-corrected chi connectivity index (χ0v) is 13.9. The maximum atomic E-state index is 12.3. The number of nitrogens with one attached hydrogen (secondary N) is 2. The highest BCUT2D eigenvalue weighted by atomic mass is 32.2. The first-order valence-electron chi connectivity index (χ1n) is 7.65. The van der Waals surface area contributed by atoms with Crippen LogP contribution in [-0.2, 0) is 16.6 Å². The van der Waals surface area contributed by atoms with Crippen molar-refractivity contribution < 1.29 is 8.42 Å². The zero-order chi connectivity index (χ0) is 15.5. The molecule has 1 aliphatic heterocycles. The molecule has 1 aromatic heterocycles. The number of hydrogen-bond acceptors (Lipinski definition) is 4. The van der Waals surface area contributed by atoms with E-state index in [0.29, 0.717) is 31.6 Å². The van der Waals surface area contributed by atoms with Crippen LogP contribution in [0.15, 0.2) is 12.4 Å². The molecule has 7 heteroatoms. The van der Waals surface area contributed by atoms with Gasteiger partial charge in [-0.1, -0.05) is 13.3 Å². The van der Waals surface area contributed by atoms with Crippen molar-refractivity contribution in [1.82, 2.24) is 19.6 Å². The van der Waals surface area contributed by atoms with Gasteiger partial charge in [-0.15, -0.1) is 0 Å². The van der Waals surface area contributed by atoms with Crippen molar-refractivity contribution in [2.24, 2.45) is 5.92 Å². The summed E-state index contributed by atoms with van der Waals surface area (Å²) in [4.78, 5) is 7.28. The number of aromatic nitrogens is 2. The first-order valence-corrected chi connectivity index (χ1v) is 9.16. The molecular weight excluding hydrogens is 288 g/mol. The third-order valence-electron chi connectivity index (χ3n) is 4.26. The quantitative estimate of drug-likeness (QED) is 0.830. The fraction of sp³-hybridized carbons (Fsp3) is 0.786. The minimum absolute atomic E-state index is 0.345. The molecule has 2 rings (SSSR count). The fourth-order valence-corrected chi connectivity index (χ4v) is 4.19. The van der Waals surface area contributed by atoms with Crippen molar-refractivity contribution in [2.45, 2.75) is 51.4 Å². The minimum atomic E-state index is -3.14. The van der Waals surface area contributed by atoms with E-state index in [1.54, 1.807) is 24.3 Å². The molecule has 1 fully saturated rings. The van der Waals surface area contributed by atoms with Gasteiger partial charge < -0.3 is 10.3 Å². The van der Waals surface area contributed by atoms with Gasteiger partial charge in [-0.3, -0.25) is 0 Å². The summed E-state index contributed by atoms with van der Waals surface area (Å²) in [5.41, 5.74) is 0. The molecule has 2 N–H and O–H groups in total. The predicted molar refractivity (Wildman–Crippen MR) is 83.2 cm³/mol. The van der Waals surface area contributed by atoms with Crippen LogP contribution in [0.25, 0.3) is 0 Å². The number of sulfonamides is 1. The number of hydrogen-bond donors (Lipinski definition) is 2. The van der Waals surface area contributed by atoms with Gasteiger partial charge in [-0.2, -0.15) is 0 Å². The number of imidazole rings is 1. The van der Waals surface area contributed by atoms with Gasteiger partial charge >= 0.3 is 0 Å². The van der Waals surface area contributed by atoms with Crippen LogP contribution in [0.5, 0.6) is 0 Å². The summed E-state index contributed by atoms with van der Waals surface area (Å²) in [6.45, 7) is 7.54. The Morgan fingerprint density at radius 3 is 2.86 bits per heavy atom. The van der Waals surface area contributed by atoms with E-state index in [1.165, 1.54) is 0 Å². The Balaban J connectivity index is 1.95. The lowest BCUT2D eigenvalue weighted by molar-refractivity contribution is 0.199. The normalized spacial score (nSPS) is 24.6. The molecule has 0 radical (unpaired) electrons. The molecule has 0 bridgehead atoms. The highest BCUT2D eigenvalue weighted by Crippen LogP contribution is 2.24. The second-order valence-electron chi connectivity index (χ2n) is 5.93. The van der Waals surface area contributed by atoms with Gasteiger partial charge in [-0.25, -0.2) is 17.7 Å². The van der Waals surface area contributed by atoms with E-state index in [9.17, 15) is 8.42 Å². The Kier molecular flexibility index (Phi) is 5.40. The molecular formula is C14H26N4O2S. The summed E-state index contributed by atoms with van der Waals surface area (Å²) in [7, 11) is -3.14. The van der Waals surface area contributed by atoms with E-state index in [1.807, 2.05) is 6.20 Å². The Hall–Kier alpha value is -0.920. The van der Waals surface area contributed by atoms with Gasteiger partial charge in [0.2, 0.25) is 10.0 Å². The van der Waals surface area contributed by atoms with Crippen molar-refractivity contribution in [1.29, 1.82) is 0 Å². The average molecular weight is 314 g/mol. The number of H-pyrrole nitrogens is 1. The van der Waals surface area contributed by atoms with Crippen molar-refractivity contribution >= 4 is 10.0 Å². The van der Waals surface area contributed by atoms with Gasteiger partial charge in [0.1, 0.15) is 5.82 Å². The summed E-state index contributed by atoms with van der Waals surface area (Å²) in [5.74, 6) is 1.27. The van der Waals surface area contributed by atoms with Crippen molar-refractivity contribution in [3.8, 4) is 0 Å². The van der Waals surface area contributed by atoms with E-state index in [4.69, 9.17) is 0 Å². The molecule has 120 valence electrons. The van der Waals surface area contributed by atoms with E-state index < -0.39 is 10.0 Å². The molecule has 0 amide bonds. The van der Waals surface area contributed by atoms with Crippen LogP contribution in [0, 0.1) is 5.92 Å². The van der Waals surface area contributed by atoms with Gasteiger partial charge in [0, 0.05) is 31.5 Å². The fourth-order valence-electron chi connectivity index (χ4n) is 2.83. The molecule has 1 aliphatic rings. The average Bonchev–Trinajstić information content (AvgIpc) is 2.97. The second kappa shape index (κ2) is 6.89. The summed E-state index contributed by atoms with van der Waals surface area (Å²) in [6, 6.07) is 0.346. The standard InChI is InChI=1S/C14H26N4O2S/c1-4-12-10-18(21(19,20)11(2)3)8-5-13(12)17-9-14-15-6-7-16-14/h6-7,11-13,17H,4-5,8-10H2,1-3H3,(H,15,16). The van der Waals surface area contributed by atoms with E-state index in [2.05, 4.69) is 22.2 Å². The Bertz CT molecular complexity index is 527. The number of piperidine rings is 1. The van der Waals surface area contributed by atoms with Crippen LogP contribution in [-0.4, -0.2) is 47.1 Å². The van der Waals surface area contributed by atoms with Gasteiger partial charge in [0.15, 0.2) is 0 Å². The largest absolute Gasteiger partial charge is 0.348 e. The minimum Gasteiger partial charge on any atom is -0.348 e. The Morgan fingerprint density at radius 2 is 2.29 bits per heavy atom. The van der Waals surface area contributed by atoms with Crippen LogP contribution in [0.3, 0.4) is 0 Å². The second-order valence-corrected chi connectivity index (χ2v) is 8.42. The zero-order valence-electron chi connectivity index (χ0n) is 13.0. The molecule has 1 saturated heterocycles. The van der Waals surface area contributed by atoms with Crippen molar-refractivity contribution in [2.75, 3.05) is 13.1 Å². The summed E-state index contributed by atoms with van der Waals surface area (Å²) < 4.78 is 26.2. The molecule has 21 heavy (non-hydrogen) atoms. The van der Waals surface area contributed by atoms with Crippen molar-refractivity contribution in [3.05, 3.63) is 18.2 Å². The van der Waals surface area contributed by atoms with E-state index in [-0.39, 0.29) is 5.25 Å². The lowest BCUT2D eigenvalue weighted by Gasteiger charge is -2.38. The van der Waals surface area contributed by atoms with Crippen LogP contribution < -0.4 is 5.32 Å². The summed E-state index contributed by atoms with van der Waals surface area (Å²) >= 11 is 0. The highest BCUT2D eigenvalue weighted by Gasteiger charge is 2.35. The lowest BCUT2D eigenvalue weighted by atomic mass is 9.91. The first-order chi connectivity index (χ1) is 9.95. The molecule has 0 spiro atoms.